The first-order valence-corrected chi connectivity index (χ1v) is 9.02. The molecule has 0 bridgehead atoms. The summed E-state index contributed by atoms with van der Waals surface area (Å²) in [5.74, 6) is -1.11. The van der Waals surface area contributed by atoms with Crippen LogP contribution in [0.25, 0.3) is 0 Å². The van der Waals surface area contributed by atoms with E-state index in [1.54, 1.807) is 7.05 Å². The molecule has 1 aromatic carbocycles. The zero-order valence-electron chi connectivity index (χ0n) is 15.5. The van der Waals surface area contributed by atoms with E-state index in [1.165, 1.54) is 18.2 Å². The number of nitro benzene ring substituents is 1. The maximum Gasteiger partial charge on any atom is 0.317 e. The number of amides is 1. The lowest BCUT2D eigenvalue weighted by molar-refractivity contribution is -0.384. The number of hydrogen-bond acceptors (Lipinski definition) is 6. The summed E-state index contributed by atoms with van der Waals surface area (Å²) in [5, 5.41) is 22.5. The van der Waals surface area contributed by atoms with E-state index in [0.717, 1.165) is 25.8 Å². The number of benzene rings is 1. The highest BCUT2D eigenvalue weighted by molar-refractivity contribution is 6.32. The molecule has 0 radical (unpaired) electrons. The standard InChI is InChI=1S/C17H23ClN4O5.ClH/c1-20(11-17(24)25)13-3-2-7-21(8-6-13)10-16(23)19-12-4-5-14(18)15(9-12)22(26)27;/h4-5,9,13H,2-3,6-8,10-11H2,1H3,(H,19,23)(H,24,25);1H. The van der Waals surface area contributed by atoms with Gasteiger partial charge >= 0.3 is 5.97 Å². The number of aliphatic carboxylic acids is 1. The minimum absolute atomic E-state index is 0. The van der Waals surface area contributed by atoms with Gasteiger partial charge in [-0.25, -0.2) is 0 Å². The fourth-order valence-electron chi connectivity index (χ4n) is 3.21. The van der Waals surface area contributed by atoms with Gasteiger partial charge in [0.2, 0.25) is 5.91 Å². The smallest absolute Gasteiger partial charge is 0.317 e. The van der Waals surface area contributed by atoms with Crippen LogP contribution < -0.4 is 5.32 Å². The molecule has 0 aromatic heterocycles. The average molecular weight is 435 g/mol. The summed E-state index contributed by atoms with van der Waals surface area (Å²) >= 11 is 5.77. The molecule has 0 spiro atoms. The van der Waals surface area contributed by atoms with Gasteiger partial charge in [-0.1, -0.05) is 11.6 Å². The lowest BCUT2D eigenvalue weighted by Gasteiger charge is -2.25. The van der Waals surface area contributed by atoms with E-state index in [9.17, 15) is 19.7 Å². The Kier molecular flexibility index (Phi) is 9.60. The Morgan fingerprint density at radius 3 is 2.75 bits per heavy atom. The molecule has 1 atom stereocenters. The molecule has 9 nitrogen and oxygen atoms in total. The molecule has 1 aliphatic rings. The van der Waals surface area contributed by atoms with Crippen LogP contribution in [0.3, 0.4) is 0 Å². The summed E-state index contributed by atoms with van der Waals surface area (Å²) < 4.78 is 0. The number of likely N-dealkylation sites (N-methyl/N-ethyl adjacent to an activating group) is 1. The number of likely N-dealkylation sites (tertiary alicyclic amines) is 1. The fraction of sp³-hybridized carbons (Fsp3) is 0.529. The van der Waals surface area contributed by atoms with E-state index in [0.29, 0.717) is 12.2 Å². The fourth-order valence-corrected chi connectivity index (χ4v) is 3.40. The molecule has 2 rings (SSSR count). The summed E-state index contributed by atoms with van der Waals surface area (Å²) in [6, 6.07) is 4.31. The lowest BCUT2D eigenvalue weighted by Crippen LogP contribution is -2.37. The van der Waals surface area contributed by atoms with Crippen molar-refractivity contribution in [3.63, 3.8) is 0 Å². The summed E-state index contributed by atoms with van der Waals surface area (Å²) in [5.41, 5.74) is 0.0681. The quantitative estimate of drug-likeness (QED) is 0.499. The number of carboxylic acid groups (broad SMARTS) is 1. The first-order valence-electron chi connectivity index (χ1n) is 8.64. The topological polar surface area (TPSA) is 116 Å². The molecule has 1 saturated heterocycles. The molecule has 1 aliphatic heterocycles. The minimum atomic E-state index is -0.852. The van der Waals surface area contributed by atoms with Gasteiger partial charge in [0.15, 0.2) is 0 Å². The third kappa shape index (κ3) is 7.23. The van der Waals surface area contributed by atoms with Crippen molar-refractivity contribution < 1.29 is 19.6 Å². The predicted molar refractivity (Wildman–Crippen MR) is 108 cm³/mol. The second kappa shape index (κ2) is 11.2. The molecule has 1 fully saturated rings. The largest absolute Gasteiger partial charge is 0.480 e. The molecule has 156 valence electrons. The molecule has 11 heteroatoms. The molecule has 0 saturated carbocycles. The number of anilines is 1. The van der Waals surface area contributed by atoms with Crippen molar-refractivity contribution in [3.05, 3.63) is 33.3 Å². The van der Waals surface area contributed by atoms with Crippen molar-refractivity contribution >= 4 is 47.3 Å². The summed E-state index contributed by atoms with van der Waals surface area (Å²) in [4.78, 5) is 37.3. The van der Waals surface area contributed by atoms with Gasteiger partial charge in [0.1, 0.15) is 5.02 Å². The van der Waals surface area contributed by atoms with E-state index in [-0.39, 0.29) is 48.2 Å². The molecule has 0 aliphatic carbocycles. The minimum Gasteiger partial charge on any atom is -0.480 e. The second-order valence-electron chi connectivity index (χ2n) is 6.64. The van der Waals surface area contributed by atoms with E-state index in [1.807, 2.05) is 9.80 Å². The Morgan fingerprint density at radius 1 is 1.39 bits per heavy atom. The lowest BCUT2D eigenvalue weighted by atomic mass is 10.1. The SMILES string of the molecule is CN(CC(=O)O)C1CCCN(CC(=O)Nc2ccc(Cl)c([N+](=O)[O-])c2)CC1.Cl. The molecule has 2 N–H and O–H groups in total. The van der Waals surface area contributed by atoms with Crippen LogP contribution in [0.4, 0.5) is 11.4 Å². The van der Waals surface area contributed by atoms with Crippen LogP contribution >= 0.6 is 24.0 Å². The van der Waals surface area contributed by atoms with Gasteiger partial charge in [-0.15, -0.1) is 12.4 Å². The number of nitro groups is 1. The highest BCUT2D eigenvalue weighted by Gasteiger charge is 2.23. The van der Waals surface area contributed by atoms with Crippen LogP contribution in [0.2, 0.25) is 5.02 Å². The van der Waals surface area contributed by atoms with Crippen LogP contribution in [-0.2, 0) is 9.59 Å². The number of carboxylic acids is 1. The Morgan fingerprint density at radius 2 is 2.11 bits per heavy atom. The maximum absolute atomic E-state index is 12.3. The van der Waals surface area contributed by atoms with Crippen molar-refractivity contribution in [2.24, 2.45) is 0 Å². The molecular formula is C17H24Cl2N4O5. The van der Waals surface area contributed by atoms with Crippen LogP contribution in [0.15, 0.2) is 18.2 Å². The Bertz CT molecular complexity index is 719. The first kappa shape index (κ1) is 24.1. The molecule has 1 amide bonds. The Balaban J connectivity index is 0.00000392. The number of hydrogen-bond donors (Lipinski definition) is 2. The van der Waals surface area contributed by atoms with E-state index >= 15 is 0 Å². The summed E-state index contributed by atoms with van der Waals surface area (Å²) in [6.07, 6.45) is 2.53. The number of nitrogens with one attached hydrogen (secondary N) is 1. The van der Waals surface area contributed by atoms with Crippen LogP contribution in [0.1, 0.15) is 19.3 Å². The van der Waals surface area contributed by atoms with Crippen molar-refractivity contribution in [3.8, 4) is 0 Å². The van der Waals surface area contributed by atoms with Crippen molar-refractivity contribution in [1.82, 2.24) is 9.80 Å². The van der Waals surface area contributed by atoms with Crippen LogP contribution in [-0.4, -0.2) is 71.0 Å². The van der Waals surface area contributed by atoms with Crippen LogP contribution in [0, 0.1) is 10.1 Å². The van der Waals surface area contributed by atoms with E-state index in [2.05, 4.69) is 5.32 Å². The van der Waals surface area contributed by atoms with Crippen molar-refractivity contribution in [1.29, 1.82) is 0 Å². The van der Waals surface area contributed by atoms with Gasteiger partial charge in [0.05, 0.1) is 18.0 Å². The zero-order valence-corrected chi connectivity index (χ0v) is 17.0. The van der Waals surface area contributed by atoms with Gasteiger partial charge in [-0.05, 0) is 45.0 Å². The third-order valence-electron chi connectivity index (χ3n) is 4.59. The first-order chi connectivity index (χ1) is 12.8. The predicted octanol–water partition coefficient (Wildman–Crippen LogP) is 2.48. The van der Waals surface area contributed by atoms with Gasteiger partial charge in [0, 0.05) is 24.3 Å². The van der Waals surface area contributed by atoms with Gasteiger partial charge < -0.3 is 10.4 Å². The van der Waals surface area contributed by atoms with Gasteiger partial charge in [0.25, 0.3) is 5.69 Å². The molecule has 28 heavy (non-hydrogen) atoms. The average Bonchev–Trinajstić information content (AvgIpc) is 2.81. The molecule has 1 unspecified atom stereocenters. The van der Waals surface area contributed by atoms with Crippen molar-refractivity contribution in [2.75, 3.05) is 38.5 Å². The number of nitrogens with zero attached hydrogens (tertiary/aromatic N) is 3. The van der Waals surface area contributed by atoms with E-state index in [4.69, 9.17) is 16.7 Å². The van der Waals surface area contributed by atoms with Crippen LogP contribution in [0.5, 0.6) is 0 Å². The highest BCUT2D eigenvalue weighted by atomic mass is 35.5. The van der Waals surface area contributed by atoms with Crippen molar-refractivity contribution in [2.45, 2.75) is 25.3 Å². The Hall–Kier alpha value is -1.94. The Labute approximate surface area is 174 Å². The number of carbonyl (C=O) groups is 2. The van der Waals surface area contributed by atoms with E-state index < -0.39 is 10.9 Å². The normalized spacial score (nSPS) is 17.5. The second-order valence-corrected chi connectivity index (χ2v) is 7.05. The monoisotopic (exact) mass is 434 g/mol. The maximum atomic E-state index is 12.3. The summed E-state index contributed by atoms with van der Waals surface area (Å²) in [7, 11) is 1.80. The third-order valence-corrected chi connectivity index (χ3v) is 4.91. The number of halogens is 2. The molecule has 1 aromatic rings. The number of rotatable bonds is 7. The number of carbonyl (C=O) groups excluding carboxylic acids is 1. The highest BCUT2D eigenvalue weighted by Crippen LogP contribution is 2.27. The van der Waals surface area contributed by atoms with Gasteiger partial charge in [-0.3, -0.25) is 29.5 Å². The van der Waals surface area contributed by atoms with Gasteiger partial charge in [-0.2, -0.15) is 0 Å². The molecule has 1 heterocycles. The summed E-state index contributed by atoms with van der Waals surface area (Å²) in [6.45, 7) is 1.60. The zero-order chi connectivity index (χ0) is 20.0. The molecular weight excluding hydrogens is 411 g/mol.